The summed E-state index contributed by atoms with van der Waals surface area (Å²) < 4.78 is 66.6. The van der Waals surface area contributed by atoms with E-state index in [9.17, 15) is 21.6 Å². The lowest BCUT2D eigenvalue weighted by atomic mass is 10.1. The van der Waals surface area contributed by atoms with Crippen LogP contribution in [0.1, 0.15) is 5.56 Å². The number of hydrogen-bond acceptors (Lipinski definition) is 5. The number of aromatic nitrogens is 2. The number of piperazine rings is 1. The normalized spacial score (nSPS) is 15.4. The van der Waals surface area contributed by atoms with Crippen molar-refractivity contribution in [2.24, 2.45) is 0 Å². The van der Waals surface area contributed by atoms with Gasteiger partial charge in [-0.25, -0.2) is 8.42 Å². The number of fused-ring (bicyclic) bond motifs is 1. The predicted molar refractivity (Wildman–Crippen MR) is 132 cm³/mol. The van der Waals surface area contributed by atoms with Crippen molar-refractivity contribution >= 4 is 38.2 Å². The van der Waals surface area contributed by atoms with Gasteiger partial charge in [0.15, 0.2) is 5.82 Å². The Labute approximate surface area is 211 Å². The molecule has 2 heterocycles. The van der Waals surface area contributed by atoms with E-state index in [1.54, 1.807) is 0 Å². The van der Waals surface area contributed by atoms with Gasteiger partial charge < -0.3 is 4.90 Å². The van der Waals surface area contributed by atoms with Crippen LogP contribution in [0.25, 0.3) is 22.0 Å². The van der Waals surface area contributed by atoms with Crippen LogP contribution in [-0.2, 0) is 16.2 Å². The van der Waals surface area contributed by atoms with E-state index in [4.69, 9.17) is 11.6 Å². The Hall–Kier alpha value is -3.21. The van der Waals surface area contributed by atoms with Crippen molar-refractivity contribution < 1.29 is 21.6 Å². The Morgan fingerprint density at radius 2 is 1.53 bits per heavy atom. The topological polar surface area (TPSA) is 66.4 Å². The van der Waals surface area contributed by atoms with Gasteiger partial charge in [-0.05, 0) is 47.2 Å². The van der Waals surface area contributed by atoms with E-state index in [-0.39, 0.29) is 18.1 Å². The summed E-state index contributed by atoms with van der Waals surface area (Å²) in [7, 11) is -4.20. The van der Waals surface area contributed by atoms with Gasteiger partial charge in [-0.3, -0.25) is 0 Å². The highest BCUT2D eigenvalue weighted by Gasteiger charge is 2.35. The molecule has 0 bridgehead atoms. The molecule has 0 amide bonds. The highest BCUT2D eigenvalue weighted by atomic mass is 35.5. The molecule has 186 valence electrons. The number of anilines is 1. The molecule has 6 nitrogen and oxygen atoms in total. The molecular formula is C25H20ClF3N4O2S. The van der Waals surface area contributed by atoms with Gasteiger partial charge in [-0.2, -0.15) is 17.5 Å². The first-order valence-corrected chi connectivity index (χ1v) is 12.9. The fourth-order valence-corrected chi connectivity index (χ4v) is 6.09. The maximum atomic E-state index is 13.1. The molecule has 0 radical (unpaired) electrons. The highest BCUT2D eigenvalue weighted by Crippen LogP contribution is 2.34. The zero-order valence-corrected chi connectivity index (χ0v) is 20.4. The minimum absolute atomic E-state index is 0.0724. The Morgan fingerprint density at radius 1 is 0.806 bits per heavy atom. The first kappa shape index (κ1) is 24.5. The van der Waals surface area contributed by atoms with Crippen LogP contribution in [0.3, 0.4) is 0 Å². The molecule has 3 aromatic carbocycles. The molecule has 5 rings (SSSR count). The van der Waals surface area contributed by atoms with Crippen molar-refractivity contribution in [3.05, 3.63) is 83.4 Å². The van der Waals surface area contributed by atoms with Gasteiger partial charge in [0, 0.05) is 31.7 Å². The summed E-state index contributed by atoms with van der Waals surface area (Å²) in [6.45, 7) is 0.756. The molecule has 0 aliphatic carbocycles. The highest BCUT2D eigenvalue weighted by molar-refractivity contribution is 7.89. The van der Waals surface area contributed by atoms with E-state index in [2.05, 4.69) is 10.2 Å². The first-order valence-electron chi connectivity index (χ1n) is 11.1. The summed E-state index contributed by atoms with van der Waals surface area (Å²) in [5.41, 5.74) is 0.581. The van der Waals surface area contributed by atoms with Crippen molar-refractivity contribution in [1.82, 2.24) is 14.5 Å². The predicted octanol–water partition coefficient (Wildman–Crippen LogP) is 5.48. The fraction of sp³-hybridized carbons (Fsp3) is 0.200. The van der Waals surface area contributed by atoms with E-state index >= 15 is 0 Å². The van der Waals surface area contributed by atoms with Crippen LogP contribution in [0, 0.1) is 0 Å². The zero-order chi connectivity index (χ0) is 25.5. The maximum Gasteiger partial charge on any atom is 0.416 e. The number of sulfonamides is 1. The number of hydrogen-bond donors (Lipinski definition) is 0. The van der Waals surface area contributed by atoms with Crippen LogP contribution in [0.2, 0.25) is 5.02 Å². The molecule has 11 heteroatoms. The van der Waals surface area contributed by atoms with E-state index in [1.807, 2.05) is 59.5 Å². The van der Waals surface area contributed by atoms with Gasteiger partial charge in [-0.1, -0.05) is 48.0 Å². The zero-order valence-electron chi connectivity index (χ0n) is 18.8. The van der Waals surface area contributed by atoms with Crippen LogP contribution in [0.5, 0.6) is 0 Å². The molecule has 0 atom stereocenters. The third-order valence-corrected chi connectivity index (χ3v) is 8.51. The van der Waals surface area contributed by atoms with E-state index in [0.717, 1.165) is 32.8 Å². The second-order valence-electron chi connectivity index (χ2n) is 8.37. The van der Waals surface area contributed by atoms with Crippen molar-refractivity contribution in [2.45, 2.75) is 11.1 Å². The molecular weight excluding hydrogens is 513 g/mol. The molecule has 1 fully saturated rings. The molecule has 1 aliphatic heterocycles. The Kier molecular flexibility index (Phi) is 6.36. The molecule has 1 saturated heterocycles. The number of halogens is 4. The minimum atomic E-state index is -4.68. The van der Waals surface area contributed by atoms with Gasteiger partial charge in [0.1, 0.15) is 4.90 Å². The molecule has 0 N–H and O–H groups in total. The molecule has 36 heavy (non-hydrogen) atoms. The van der Waals surface area contributed by atoms with Gasteiger partial charge in [-0.15, -0.1) is 10.2 Å². The van der Waals surface area contributed by atoms with E-state index in [0.29, 0.717) is 30.7 Å². The number of rotatable bonds is 4. The van der Waals surface area contributed by atoms with Gasteiger partial charge >= 0.3 is 6.18 Å². The second-order valence-corrected chi connectivity index (χ2v) is 10.7. The molecule has 4 aromatic rings. The molecule has 0 spiro atoms. The SMILES string of the molecule is O=S(=O)(c1cc(C(F)(F)F)ccc1Cl)N1CCN(c2ccc(-c3ccc4ccccc4c3)nn2)CC1. The smallest absolute Gasteiger partial charge is 0.352 e. The van der Waals surface area contributed by atoms with Crippen LogP contribution >= 0.6 is 11.6 Å². The Bertz CT molecular complexity index is 1520. The molecule has 0 unspecified atom stereocenters. The number of alkyl halides is 3. The van der Waals surface area contributed by atoms with Crippen LogP contribution in [0.15, 0.2) is 77.7 Å². The lowest BCUT2D eigenvalue weighted by molar-refractivity contribution is -0.137. The summed E-state index contributed by atoms with van der Waals surface area (Å²) in [6, 6.07) is 20.1. The lowest BCUT2D eigenvalue weighted by Crippen LogP contribution is -2.49. The summed E-state index contributed by atoms with van der Waals surface area (Å²) in [4.78, 5) is 1.34. The third-order valence-electron chi connectivity index (χ3n) is 6.13. The summed E-state index contributed by atoms with van der Waals surface area (Å²) in [6.07, 6.45) is -4.68. The summed E-state index contributed by atoms with van der Waals surface area (Å²) in [5, 5.41) is 10.6. The van der Waals surface area contributed by atoms with Gasteiger partial charge in [0.2, 0.25) is 10.0 Å². The monoisotopic (exact) mass is 532 g/mol. The van der Waals surface area contributed by atoms with Crippen molar-refractivity contribution in [1.29, 1.82) is 0 Å². The standard InChI is InChI=1S/C25H20ClF3N4O2S/c26-21-8-7-20(25(27,28)29)16-23(21)36(34,35)33-13-11-32(12-14-33)24-10-9-22(30-31-24)19-6-5-17-3-1-2-4-18(17)15-19/h1-10,15-16H,11-14H2. The number of nitrogens with zero attached hydrogens (tertiary/aromatic N) is 4. The number of benzene rings is 3. The van der Waals surface area contributed by atoms with E-state index < -0.39 is 26.7 Å². The fourth-order valence-electron chi connectivity index (χ4n) is 4.17. The minimum Gasteiger partial charge on any atom is -0.352 e. The second kappa shape index (κ2) is 9.34. The largest absolute Gasteiger partial charge is 0.416 e. The third kappa shape index (κ3) is 4.76. The van der Waals surface area contributed by atoms with Crippen molar-refractivity contribution in [3.63, 3.8) is 0 Å². The van der Waals surface area contributed by atoms with Crippen LogP contribution < -0.4 is 4.90 Å². The quantitative estimate of drug-likeness (QED) is 0.348. The van der Waals surface area contributed by atoms with Gasteiger partial charge in [0.25, 0.3) is 0 Å². The Balaban J connectivity index is 1.30. The van der Waals surface area contributed by atoms with Gasteiger partial charge in [0.05, 0.1) is 16.3 Å². The first-order chi connectivity index (χ1) is 17.1. The van der Waals surface area contributed by atoms with Crippen molar-refractivity contribution in [2.75, 3.05) is 31.1 Å². The van der Waals surface area contributed by atoms with Crippen molar-refractivity contribution in [3.8, 4) is 11.3 Å². The van der Waals surface area contributed by atoms with Crippen LogP contribution in [-0.4, -0.2) is 49.1 Å². The average Bonchev–Trinajstić information content (AvgIpc) is 2.88. The van der Waals surface area contributed by atoms with Crippen LogP contribution in [0.4, 0.5) is 19.0 Å². The molecule has 1 aliphatic rings. The summed E-state index contributed by atoms with van der Waals surface area (Å²) in [5.74, 6) is 0.591. The molecule has 1 aromatic heterocycles. The molecule has 0 saturated carbocycles. The Morgan fingerprint density at radius 3 is 2.19 bits per heavy atom. The lowest BCUT2D eigenvalue weighted by Gasteiger charge is -2.34. The van der Waals surface area contributed by atoms with E-state index in [1.165, 1.54) is 0 Å². The summed E-state index contributed by atoms with van der Waals surface area (Å²) >= 11 is 5.97. The maximum absolute atomic E-state index is 13.1. The average molecular weight is 533 g/mol.